The lowest BCUT2D eigenvalue weighted by Gasteiger charge is -2.44. The molecule has 1 saturated carbocycles. The van der Waals surface area contributed by atoms with Gasteiger partial charge in [-0.3, -0.25) is 0 Å². The third-order valence-corrected chi connectivity index (χ3v) is 5.43. The minimum atomic E-state index is 0.222. The summed E-state index contributed by atoms with van der Waals surface area (Å²) in [7, 11) is 0. The van der Waals surface area contributed by atoms with Crippen molar-refractivity contribution in [2.45, 2.75) is 76.0 Å². The van der Waals surface area contributed by atoms with E-state index in [0.717, 1.165) is 19.8 Å². The van der Waals surface area contributed by atoms with Crippen molar-refractivity contribution in [3.05, 3.63) is 0 Å². The molecule has 19 heavy (non-hydrogen) atoms. The quantitative estimate of drug-likeness (QED) is 0.853. The summed E-state index contributed by atoms with van der Waals surface area (Å²) in [5, 5.41) is 3.87. The molecule has 1 N–H and O–H groups in total. The Hall–Kier alpha value is -0.120. The molecule has 3 rings (SSSR count). The molecular weight excluding hydrogens is 238 g/mol. The zero-order valence-corrected chi connectivity index (χ0v) is 12.3. The van der Waals surface area contributed by atoms with Gasteiger partial charge in [-0.15, -0.1) is 0 Å². The number of nitrogens with one attached hydrogen (secondary N) is 1. The second kappa shape index (κ2) is 6.11. The van der Waals surface area contributed by atoms with Crippen LogP contribution in [0.25, 0.3) is 0 Å². The molecule has 3 aliphatic rings. The minimum absolute atomic E-state index is 0.222. The minimum Gasteiger partial charge on any atom is -0.381 e. The van der Waals surface area contributed by atoms with Crippen molar-refractivity contribution in [2.24, 2.45) is 5.92 Å². The molecule has 1 spiro atoms. The summed E-state index contributed by atoms with van der Waals surface area (Å²) in [6.07, 6.45) is 10.3. The van der Waals surface area contributed by atoms with Gasteiger partial charge in [0.15, 0.2) is 0 Å². The second-order valence-electron chi connectivity index (χ2n) is 6.86. The molecule has 3 fully saturated rings. The van der Waals surface area contributed by atoms with Crippen LogP contribution >= 0.6 is 0 Å². The van der Waals surface area contributed by atoms with Crippen LogP contribution in [0.1, 0.15) is 58.3 Å². The fraction of sp³-hybridized carbons (Fsp3) is 1.00. The molecule has 1 aliphatic carbocycles. The van der Waals surface area contributed by atoms with Gasteiger partial charge in [0, 0.05) is 25.3 Å². The first-order chi connectivity index (χ1) is 9.27. The van der Waals surface area contributed by atoms with E-state index < -0.39 is 0 Å². The first kappa shape index (κ1) is 13.8. The molecule has 110 valence electrons. The van der Waals surface area contributed by atoms with E-state index in [0.29, 0.717) is 18.0 Å². The van der Waals surface area contributed by atoms with E-state index >= 15 is 0 Å². The Morgan fingerprint density at radius 2 is 1.95 bits per heavy atom. The largest absolute Gasteiger partial charge is 0.381 e. The predicted molar refractivity (Wildman–Crippen MR) is 76.3 cm³/mol. The topological polar surface area (TPSA) is 30.5 Å². The molecule has 0 aromatic rings. The fourth-order valence-electron chi connectivity index (χ4n) is 4.17. The number of hydrogen-bond acceptors (Lipinski definition) is 3. The van der Waals surface area contributed by atoms with Crippen LogP contribution in [0.2, 0.25) is 0 Å². The molecule has 2 aliphatic heterocycles. The van der Waals surface area contributed by atoms with Crippen molar-refractivity contribution in [1.82, 2.24) is 5.32 Å². The van der Waals surface area contributed by atoms with Crippen molar-refractivity contribution >= 4 is 0 Å². The SMILES string of the molecule is CC(NC1CCOC2(CCCCC2)C1)C1CCOC1. The highest BCUT2D eigenvalue weighted by atomic mass is 16.5. The van der Waals surface area contributed by atoms with Gasteiger partial charge in [-0.05, 0) is 44.9 Å². The van der Waals surface area contributed by atoms with Gasteiger partial charge in [0.25, 0.3) is 0 Å². The maximum Gasteiger partial charge on any atom is 0.0697 e. The average molecular weight is 267 g/mol. The smallest absolute Gasteiger partial charge is 0.0697 e. The van der Waals surface area contributed by atoms with E-state index in [1.54, 1.807) is 0 Å². The van der Waals surface area contributed by atoms with Crippen LogP contribution in [0.3, 0.4) is 0 Å². The highest BCUT2D eigenvalue weighted by Crippen LogP contribution is 2.38. The number of rotatable bonds is 3. The van der Waals surface area contributed by atoms with Gasteiger partial charge in [0.05, 0.1) is 12.2 Å². The summed E-state index contributed by atoms with van der Waals surface area (Å²) in [5.74, 6) is 0.713. The summed E-state index contributed by atoms with van der Waals surface area (Å²) in [5.41, 5.74) is 0.222. The summed E-state index contributed by atoms with van der Waals surface area (Å²) < 4.78 is 11.7. The Kier molecular flexibility index (Phi) is 4.45. The van der Waals surface area contributed by atoms with Crippen LogP contribution < -0.4 is 5.32 Å². The van der Waals surface area contributed by atoms with Crippen molar-refractivity contribution in [3.8, 4) is 0 Å². The maximum absolute atomic E-state index is 6.18. The van der Waals surface area contributed by atoms with Gasteiger partial charge in [-0.25, -0.2) is 0 Å². The first-order valence-corrected chi connectivity index (χ1v) is 8.25. The van der Waals surface area contributed by atoms with Gasteiger partial charge in [-0.2, -0.15) is 0 Å². The predicted octanol–water partition coefficient (Wildman–Crippen LogP) is 2.88. The van der Waals surface area contributed by atoms with Crippen LogP contribution in [0.15, 0.2) is 0 Å². The van der Waals surface area contributed by atoms with Gasteiger partial charge in [-0.1, -0.05) is 19.3 Å². The lowest BCUT2D eigenvalue weighted by molar-refractivity contribution is -0.110. The van der Waals surface area contributed by atoms with Crippen LogP contribution in [-0.4, -0.2) is 37.5 Å². The molecule has 3 nitrogen and oxygen atoms in total. The van der Waals surface area contributed by atoms with Crippen LogP contribution in [0, 0.1) is 5.92 Å². The van der Waals surface area contributed by atoms with Gasteiger partial charge < -0.3 is 14.8 Å². The summed E-state index contributed by atoms with van der Waals surface area (Å²) >= 11 is 0. The molecule has 3 heteroatoms. The molecule has 0 bridgehead atoms. The highest BCUT2D eigenvalue weighted by molar-refractivity contribution is 4.93. The third-order valence-electron chi connectivity index (χ3n) is 5.43. The normalized spacial score (nSPS) is 36.5. The van der Waals surface area contributed by atoms with E-state index in [9.17, 15) is 0 Å². The lowest BCUT2D eigenvalue weighted by Crippen LogP contribution is -2.51. The van der Waals surface area contributed by atoms with E-state index in [1.807, 2.05) is 0 Å². The monoisotopic (exact) mass is 267 g/mol. The Balaban J connectivity index is 1.52. The van der Waals surface area contributed by atoms with Crippen molar-refractivity contribution in [2.75, 3.05) is 19.8 Å². The summed E-state index contributed by atoms with van der Waals surface area (Å²) in [6.45, 7) is 5.19. The third kappa shape index (κ3) is 3.32. The summed E-state index contributed by atoms with van der Waals surface area (Å²) in [6, 6.07) is 1.24. The Bertz CT molecular complexity index is 277. The maximum atomic E-state index is 6.18. The molecule has 3 atom stereocenters. The molecule has 0 radical (unpaired) electrons. The Labute approximate surface area is 117 Å². The number of hydrogen-bond donors (Lipinski definition) is 1. The van der Waals surface area contributed by atoms with Gasteiger partial charge >= 0.3 is 0 Å². The average Bonchev–Trinajstić information content (AvgIpc) is 2.93. The van der Waals surface area contributed by atoms with E-state index in [-0.39, 0.29) is 5.60 Å². The van der Waals surface area contributed by atoms with E-state index in [2.05, 4.69) is 12.2 Å². The fourth-order valence-corrected chi connectivity index (χ4v) is 4.17. The molecular formula is C16H29NO2. The molecule has 2 saturated heterocycles. The standard InChI is InChI=1S/C16H29NO2/c1-13(14-5-9-18-12-14)17-15-6-10-19-16(11-15)7-3-2-4-8-16/h13-15,17H,2-12H2,1H3. The molecule has 0 amide bonds. The summed E-state index contributed by atoms with van der Waals surface area (Å²) in [4.78, 5) is 0. The van der Waals surface area contributed by atoms with Gasteiger partial charge in [0.2, 0.25) is 0 Å². The molecule has 0 aromatic heterocycles. The van der Waals surface area contributed by atoms with Crippen molar-refractivity contribution < 1.29 is 9.47 Å². The van der Waals surface area contributed by atoms with Gasteiger partial charge in [0.1, 0.15) is 0 Å². The van der Waals surface area contributed by atoms with Crippen molar-refractivity contribution in [3.63, 3.8) is 0 Å². The lowest BCUT2D eigenvalue weighted by atomic mass is 9.78. The van der Waals surface area contributed by atoms with E-state index in [1.165, 1.54) is 51.4 Å². The highest BCUT2D eigenvalue weighted by Gasteiger charge is 2.39. The van der Waals surface area contributed by atoms with Crippen LogP contribution in [-0.2, 0) is 9.47 Å². The van der Waals surface area contributed by atoms with Crippen LogP contribution in [0.5, 0.6) is 0 Å². The number of ether oxygens (including phenoxy) is 2. The van der Waals surface area contributed by atoms with Crippen LogP contribution in [0.4, 0.5) is 0 Å². The van der Waals surface area contributed by atoms with Crippen molar-refractivity contribution in [1.29, 1.82) is 0 Å². The zero-order chi connectivity index (χ0) is 13.1. The Morgan fingerprint density at radius 3 is 2.68 bits per heavy atom. The Morgan fingerprint density at radius 1 is 1.11 bits per heavy atom. The first-order valence-electron chi connectivity index (χ1n) is 8.25. The molecule has 0 aromatic carbocycles. The molecule has 3 unspecified atom stereocenters. The molecule has 2 heterocycles. The second-order valence-corrected chi connectivity index (χ2v) is 6.86. The zero-order valence-electron chi connectivity index (χ0n) is 12.3. The van der Waals surface area contributed by atoms with E-state index in [4.69, 9.17) is 9.47 Å².